The number of nitrogens with one attached hydrogen (secondary N) is 1. The molecular weight excluding hydrogens is 609 g/mol. The van der Waals surface area contributed by atoms with Crippen molar-refractivity contribution in [2.45, 2.75) is 105 Å². The maximum atomic E-state index is 11.3. The van der Waals surface area contributed by atoms with Crippen LogP contribution in [0.4, 0.5) is 17.1 Å². The van der Waals surface area contributed by atoms with Gasteiger partial charge >= 0.3 is 0 Å². The lowest BCUT2D eigenvalue weighted by Gasteiger charge is -2.34. The lowest BCUT2D eigenvalue weighted by atomic mass is 9.78. The zero-order valence-electron chi connectivity index (χ0n) is 31.8. The van der Waals surface area contributed by atoms with Crippen LogP contribution in [0.3, 0.4) is 0 Å². The summed E-state index contributed by atoms with van der Waals surface area (Å²) in [5, 5.41) is 14.9. The molecule has 5 aromatic rings. The molecule has 0 aliphatic rings. The van der Waals surface area contributed by atoms with Gasteiger partial charge in [0.1, 0.15) is 5.75 Å². The maximum Gasteiger partial charge on any atom is 0.123 e. The van der Waals surface area contributed by atoms with Crippen LogP contribution >= 0.6 is 0 Å². The Morgan fingerprint density at radius 3 is 1.42 bits per heavy atom. The summed E-state index contributed by atoms with van der Waals surface area (Å²) in [7, 11) is 0. The highest BCUT2D eigenvalue weighted by Gasteiger charge is 2.27. The van der Waals surface area contributed by atoms with E-state index in [9.17, 15) is 5.11 Å². The minimum Gasteiger partial charge on any atom is -0.507 e. The van der Waals surface area contributed by atoms with Crippen molar-refractivity contribution in [3.63, 3.8) is 0 Å². The molecule has 0 saturated heterocycles. The summed E-state index contributed by atoms with van der Waals surface area (Å²) in [6.45, 7) is 20.8. The van der Waals surface area contributed by atoms with Gasteiger partial charge in [-0.15, -0.1) is 0 Å². The largest absolute Gasteiger partial charge is 0.507 e. The molecule has 3 nitrogen and oxygen atoms in total. The Bertz CT molecular complexity index is 1770. The third-order valence-electron chi connectivity index (χ3n) is 9.61. The molecule has 262 valence electrons. The average Bonchev–Trinajstić information content (AvgIpc) is 3.05. The van der Waals surface area contributed by atoms with Crippen LogP contribution in [0.25, 0.3) is 0 Å². The van der Waals surface area contributed by atoms with Gasteiger partial charge in [0.25, 0.3) is 0 Å². The van der Waals surface area contributed by atoms with Crippen molar-refractivity contribution in [3.8, 4) is 5.75 Å². The number of hydrogen-bond donors (Lipinski definition) is 2. The first kappa shape index (κ1) is 36.8. The molecule has 0 saturated carbocycles. The van der Waals surface area contributed by atoms with Gasteiger partial charge in [-0.3, -0.25) is 0 Å². The molecule has 5 aromatic carbocycles. The minimum absolute atomic E-state index is 0.158. The Labute approximate surface area is 302 Å². The Hall–Kier alpha value is -4.50. The van der Waals surface area contributed by atoms with E-state index in [1.54, 1.807) is 0 Å². The summed E-state index contributed by atoms with van der Waals surface area (Å²) in [5.74, 6) is 1.03. The topological polar surface area (TPSA) is 35.5 Å². The number of anilines is 3. The number of hydrogen-bond acceptors (Lipinski definition) is 3. The van der Waals surface area contributed by atoms with Crippen LogP contribution in [-0.2, 0) is 30.2 Å². The Morgan fingerprint density at radius 2 is 0.980 bits per heavy atom. The number of phenolic OH excluding ortho intramolecular Hbond substituents is 1. The normalized spacial score (nSPS) is 12.6. The van der Waals surface area contributed by atoms with Crippen molar-refractivity contribution >= 4 is 17.1 Å². The molecule has 1 atom stereocenters. The predicted molar refractivity (Wildman–Crippen MR) is 215 cm³/mol. The molecule has 3 heteroatoms. The van der Waals surface area contributed by atoms with Gasteiger partial charge in [0.2, 0.25) is 0 Å². The van der Waals surface area contributed by atoms with E-state index in [0.29, 0.717) is 17.7 Å². The highest BCUT2D eigenvalue weighted by atomic mass is 16.3. The summed E-state index contributed by atoms with van der Waals surface area (Å²) >= 11 is 0. The molecule has 0 radical (unpaired) electrons. The highest BCUT2D eigenvalue weighted by Crippen LogP contribution is 2.40. The van der Waals surface area contributed by atoms with Gasteiger partial charge in [0.05, 0.1) is 0 Å². The Kier molecular flexibility index (Phi) is 11.5. The van der Waals surface area contributed by atoms with Crippen molar-refractivity contribution in [1.29, 1.82) is 0 Å². The van der Waals surface area contributed by atoms with E-state index in [1.807, 2.05) is 0 Å². The van der Waals surface area contributed by atoms with Gasteiger partial charge in [0, 0.05) is 29.6 Å². The smallest absolute Gasteiger partial charge is 0.123 e. The van der Waals surface area contributed by atoms with Crippen LogP contribution in [0.1, 0.15) is 108 Å². The molecule has 5 rings (SSSR count). The molecule has 0 amide bonds. The summed E-state index contributed by atoms with van der Waals surface area (Å²) in [6.07, 6.45) is 2.98. The summed E-state index contributed by atoms with van der Waals surface area (Å²) in [5.41, 5.74) is 11.6. The minimum atomic E-state index is -0.158. The van der Waals surface area contributed by atoms with Gasteiger partial charge in [0.15, 0.2) is 0 Å². The number of rotatable bonds is 12. The number of phenols is 1. The average molecular weight is 667 g/mol. The van der Waals surface area contributed by atoms with Crippen LogP contribution in [-0.4, -0.2) is 11.1 Å². The molecule has 0 aromatic heterocycles. The predicted octanol–water partition coefficient (Wildman–Crippen LogP) is 12.4. The van der Waals surface area contributed by atoms with E-state index in [2.05, 4.69) is 188 Å². The molecule has 0 spiro atoms. The van der Waals surface area contributed by atoms with Gasteiger partial charge < -0.3 is 15.3 Å². The maximum absolute atomic E-state index is 11.3. The third-order valence-corrected chi connectivity index (χ3v) is 9.61. The zero-order chi connectivity index (χ0) is 36.1. The van der Waals surface area contributed by atoms with Crippen molar-refractivity contribution in [2.24, 2.45) is 5.92 Å². The van der Waals surface area contributed by atoms with Crippen molar-refractivity contribution in [1.82, 2.24) is 0 Å². The first-order valence-corrected chi connectivity index (χ1v) is 18.4. The van der Waals surface area contributed by atoms with Crippen molar-refractivity contribution in [3.05, 3.63) is 154 Å². The Balaban J connectivity index is 1.28. The van der Waals surface area contributed by atoms with Gasteiger partial charge in [-0.25, -0.2) is 0 Å². The highest BCUT2D eigenvalue weighted by molar-refractivity contribution is 5.64. The monoisotopic (exact) mass is 666 g/mol. The number of aromatic hydroxyl groups is 1. The molecule has 2 N–H and O–H groups in total. The van der Waals surface area contributed by atoms with Crippen LogP contribution in [0.5, 0.6) is 5.75 Å². The first-order chi connectivity index (χ1) is 23.7. The van der Waals surface area contributed by atoms with Gasteiger partial charge in [-0.1, -0.05) is 122 Å². The van der Waals surface area contributed by atoms with Crippen LogP contribution in [0.15, 0.2) is 115 Å². The van der Waals surface area contributed by atoms with Crippen LogP contribution in [0, 0.1) is 5.92 Å². The van der Waals surface area contributed by atoms with E-state index < -0.39 is 0 Å². The standard InChI is InChI=1S/C47H58N2O/c1-33(2)27-34(3)49(32-39-30-43(46(4,5)6)45(50)44(31-39)47(7,8)9)42-25-23-41(24-26-42)48-40-21-19-38(20-22-40)29-37-17-15-36(16-18-37)28-35-13-11-10-12-14-35/h10-26,30-31,33-34,48,50H,27-29,32H2,1-9H3. The van der Waals surface area contributed by atoms with Gasteiger partial charge in [-0.05, 0) is 130 Å². The number of nitrogens with zero attached hydrogens (tertiary/aromatic N) is 1. The Morgan fingerprint density at radius 1 is 0.560 bits per heavy atom. The first-order valence-electron chi connectivity index (χ1n) is 18.4. The summed E-state index contributed by atoms with van der Waals surface area (Å²) in [6, 6.07) is 42.1. The molecular formula is C47H58N2O. The van der Waals surface area contributed by atoms with Crippen molar-refractivity contribution in [2.75, 3.05) is 10.2 Å². The van der Waals surface area contributed by atoms with E-state index >= 15 is 0 Å². The van der Waals surface area contributed by atoms with Crippen molar-refractivity contribution < 1.29 is 5.11 Å². The quantitative estimate of drug-likeness (QED) is 0.139. The second kappa shape index (κ2) is 15.6. The molecule has 0 fully saturated rings. The van der Waals surface area contributed by atoms with Crippen LogP contribution in [0.2, 0.25) is 0 Å². The lowest BCUT2D eigenvalue weighted by Crippen LogP contribution is -2.34. The molecule has 0 aliphatic heterocycles. The van der Waals surface area contributed by atoms with E-state index in [0.717, 1.165) is 48.3 Å². The zero-order valence-corrected chi connectivity index (χ0v) is 31.8. The van der Waals surface area contributed by atoms with E-state index in [-0.39, 0.29) is 10.8 Å². The molecule has 0 bridgehead atoms. The fraction of sp³-hybridized carbons (Fsp3) is 0.362. The SMILES string of the molecule is CC(C)CC(C)N(Cc1cc(C(C)(C)C)c(O)c(C(C)(C)C)c1)c1ccc(Nc2ccc(Cc3ccc(Cc4ccccc4)cc3)cc2)cc1. The fourth-order valence-electron chi connectivity index (χ4n) is 6.89. The van der Waals surface area contributed by atoms with E-state index in [1.165, 1.54) is 33.5 Å². The fourth-order valence-corrected chi connectivity index (χ4v) is 6.89. The van der Waals surface area contributed by atoms with Gasteiger partial charge in [-0.2, -0.15) is 0 Å². The molecule has 0 aliphatic carbocycles. The second-order valence-electron chi connectivity index (χ2n) is 16.7. The second-order valence-corrected chi connectivity index (χ2v) is 16.7. The molecule has 0 heterocycles. The lowest BCUT2D eigenvalue weighted by molar-refractivity contribution is 0.422. The summed E-state index contributed by atoms with van der Waals surface area (Å²) < 4.78 is 0. The molecule has 50 heavy (non-hydrogen) atoms. The third kappa shape index (κ3) is 9.81. The summed E-state index contributed by atoms with van der Waals surface area (Å²) in [4.78, 5) is 2.53. The number of benzene rings is 5. The van der Waals surface area contributed by atoms with E-state index in [4.69, 9.17) is 0 Å². The van der Waals surface area contributed by atoms with Crippen LogP contribution < -0.4 is 10.2 Å². The molecule has 1 unspecified atom stereocenters.